The zero-order chi connectivity index (χ0) is 28.8. The predicted molar refractivity (Wildman–Crippen MR) is 182 cm³/mol. The summed E-state index contributed by atoms with van der Waals surface area (Å²) in [6.45, 7) is 14.6. The maximum atomic E-state index is 2.51. The van der Waals surface area contributed by atoms with E-state index < -0.39 is 0 Å². The van der Waals surface area contributed by atoms with Crippen molar-refractivity contribution in [2.45, 2.75) is 228 Å². The van der Waals surface area contributed by atoms with E-state index in [1.165, 1.54) is 186 Å². The van der Waals surface area contributed by atoms with Crippen LogP contribution in [0.25, 0.3) is 0 Å². The van der Waals surface area contributed by atoms with Crippen LogP contribution in [-0.2, 0) is 0 Å². The molecular formula is C39H80. The first-order chi connectivity index (χ1) is 19.0. The van der Waals surface area contributed by atoms with E-state index in [9.17, 15) is 0 Å². The van der Waals surface area contributed by atoms with Gasteiger partial charge in [-0.15, -0.1) is 0 Å². The highest BCUT2D eigenvalue weighted by atomic mass is 14.1. The molecule has 0 aliphatic heterocycles. The minimum Gasteiger partial charge on any atom is -0.0654 e. The van der Waals surface area contributed by atoms with Gasteiger partial charge in [-0.2, -0.15) is 0 Å². The van der Waals surface area contributed by atoms with Gasteiger partial charge in [0.05, 0.1) is 0 Å². The molecule has 4 atom stereocenters. The van der Waals surface area contributed by atoms with Gasteiger partial charge in [0.1, 0.15) is 0 Å². The summed E-state index contributed by atoms with van der Waals surface area (Å²) < 4.78 is 0. The van der Waals surface area contributed by atoms with E-state index in [1.807, 2.05) is 0 Å². The van der Waals surface area contributed by atoms with Gasteiger partial charge in [0.2, 0.25) is 0 Å². The van der Waals surface area contributed by atoms with Gasteiger partial charge in [-0.1, -0.05) is 228 Å². The van der Waals surface area contributed by atoms with Crippen LogP contribution < -0.4 is 0 Å². The second-order valence-corrected chi connectivity index (χ2v) is 14.4. The number of hydrogen-bond donors (Lipinski definition) is 0. The van der Waals surface area contributed by atoms with E-state index in [4.69, 9.17) is 0 Å². The van der Waals surface area contributed by atoms with Crippen LogP contribution in [0.2, 0.25) is 0 Å². The van der Waals surface area contributed by atoms with Crippen LogP contribution in [0.15, 0.2) is 0 Å². The molecule has 0 aliphatic rings. The van der Waals surface area contributed by atoms with Crippen LogP contribution in [0.4, 0.5) is 0 Å². The lowest BCUT2D eigenvalue weighted by molar-refractivity contribution is 0.372. The summed E-state index contributed by atoms with van der Waals surface area (Å²) in [7, 11) is 0. The fourth-order valence-electron chi connectivity index (χ4n) is 6.61. The molecule has 0 aliphatic carbocycles. The van der Waals surface area contributed by atoms with Crippen molar-refractivity contribution in [1.82, 2.24) is 0 Å². The molecule has 0 fully saturated rings. The molecule has 0 saturated heterocycles. The van der Waals surface area contributed by atoms with Gasteiger partial charge < -0.3 is 0 Å². The second kappa shape index (κ2) is 30.9. The Morgan fingerprint density at radius 2 is 0.436 bits per heavy atom. The van der Waals surface area contributed by atoms with E-state index in [2.05, 4.69) is 41.5 Å². The summed E-state index contributed by atoms with van der Waals surface area (Å²) in [4.78, 5) is 0. The minimum atomic E-state index is 0.941. The molecule has 0 aromatic carbocycles. The Morgan fingerprint density at radius 1 is 0.231 bits per heavy atom. The quantitative estimate of drug-likeness (QED) is 0.0733. The fraction of sp³-hybridized carbons (Fsp3) is 1.00. The van der Waals surface area contributed by atoms with Gasteiger partial charge in [-0.3, -0.25) is 0 Å². The molecule has 0 bridgehead atoms. The molecule has 236 valence electrons. The third-order valence-electron chi connectivity index (χ3n) is 9.78. The molecule has 0 nitrogen and oxygen atoms in total. The van der Waals surface area contributed by atoms with E-state index in [0.29, 0.717) is 0 Å². The molecule has 0 amide bonds. The Hall–Kier alpha value is 0. The van der Waals surface area contributed by atoms with Gasteiger partial charge in [-0.25, -0.2) is 0 Å². The molecule has 0 heteroatoms. The number of hydrogen-bond acceptors (Lipinski definition) is 0. The second-order valence-electron chi connectivity index (χ2n) is 14.4. The van der Waals surface area contributed by atoms with E-state index in [-0.39, 0.29) is 0 Å². The molecule has 4 unspecified atom stereocenters. The van der Waals surface area contributed by atoms with Crippen molar-refractivity contribution < 1.29 is 0 Å². The van der Waals surface area contributed by atoms with Gasteiger partial charge in [0.15, 0.2) is 0 Å². The minimum absolute atomic E-state index is 0.941. The van der Waals surface area contributed by atoms with Crippen molar-refractivity contribution in [2.75, 3.05) is 0 Å². The highest BCUT2D eigenvalue weighted by Crippen LogP contribution is 2.24. The zero-order valence-electron chi connectivity index (χ0n) is 28.8. The number of unbranched alkanes of at least 4 members (excludes halogenated alkanes) is 16. The normalized spacial score (nSPS) is 14.9. The monoisotopic (exact) mass is 549 g/mol. The Labute approximate surface area is 251 Å². The molecule has 0 radical (unpaired) electrons. The van der Waals surface area contributed by atoms with Gasteiger partial charge in [0.25, 0.3) is 0 Å². The van der Waals surface area contributed by atoms with Crippen molar-refractivity contribution in [1.29, 1.82) is 0 Å². The molecule has 0 aromatic rings. The van der Waals surface area contributed by atoms with Crippen molar-refractivity contribution in [3.63, 3.8) is 0 Å². The Balaban J connectivity index is 3.38. The molecule has 0 aromatic heterocycles. The summed E-state index contributed by atoms with van der Waals surface area (Å²) in [5.41, 5.74) is 0. The molecule has 39 heavy (non-hydrogen) atoms. The molecule has 0 heterocycles. The Morgan fingerprint density at radius 3 is 0.744 bits per heavy atom. The van der Waals surface area contributed by atoms with E-state index >= 15 is 0 Å². The third-order valence-corrected chi connectivity index (χ3v) is 9.78. The predicted octanol–water partition coefficient (Wildman–Crippen LogP) is 14.9. The summed E-state index contributed by atoms with van der Waals surface area (Å²) >= 11 is 0. The molecule has 0 N–H and O–H groups in total. The summed E-state index contributed by atoms with van der Waals surface area (Å²) in [5, 5.41) is 0. The van der Waals surface area contributed by atoms with Crippen molar-refractivity contribution in [3.05, 3.63) is 0 Å². The lowest BCUT2D eigenvalue weighted by Gasteiger charge is -2.16. The molecule has 0 rings (SSSR count). The third kappa shape index (κ3) is 30.8. The van der Waals surface area contributed by atoms with Crippen molar-refractivity contribution in [2.24, 2.45) is 23.7 Å². The van der Waals surface area contributed by atoms with Gasteiger partial charge in [0, 0.05) is 0 Å². The SMILES string of the molecule is CCCCCCCCCCCCCCCCC(C)CCCCCC(C)CCCC(C)CCCC(C)CCCC. The van der Waals surface area contributed by atoms with E-state index in [1.54, 1.807) is 0 Å². The standard InChI is InChI=1S/C39H80/c1-7-9-11-12-13-14-15-16-17-18-19-20-21-23-29-37(4)30-24-22-25-31-38(5)33-27-35-39(6)34-26-32-36(3)28-10-8-2/h36-39H,7-35H2,1-6H3. The van der Waals surface area contributed by atoms with Crippen LogP contribution in [-0.4, -0.2) is 0 Å². The number of rotatable bonds is 32. The summed E-state index contributed by atoms with van der Waals surface area (Å²) in [5.74, 6) is 3.79. The maximum Gasteiger partial charge on any atom is -0.0443 e. The van der Waals surface area contributed by atoms with Crippen LogP contribution >= 0.6 is 0 Å². The fourth-order valence-corrected chi connectivity index (χ4v) is 6.61. The van der Waals surface area contributed by atoms with Gasteiger partial charge >= 0.3 is 0 Å². The Bertz CT molecular complexity index is 439. The average Bonchev–Trinajstić information content (AvgIpc) is 2.91. The van der Waals surface area contributed by atoms with Crippen LogP contribution in [0, 0.1) is 23.7 Å². The molecule has 0 saturated carbocycles. The topological polar surface area (TPSA) is 0 Å². The largest absolute Gasteiger partial charge is 0.0654 e. The van der Waals surface area contributed by atoms with Crippen LogP contribution in [0.3, 0.4) is 0 Å². The first-order valence-electron chi connectivity index (χ1n) is 19.0. The van der Waals surface area contributed by atoms with Crippen LogP contribution in [0.5, 0.6) is 0 Å². The van der Waals surface area contributed by atoms with Gasteiger partial charge in [-0.05, 0) is 23.7 Å². The molecular weight excluding hydrogens is 468 g/mol. The van der Waals surface area contributed by atoms with Crippen molar-refractivity contribution in [3.8, 4) is 0 Å². The average molecular weight is 549 g/mol. The Kier molecular flexibility index (Phi) is 30.9. The lowest BCUT2D eigenvalue weighted by atomic mass is 9.90. The molecule has 0 spiro atoms. The summed E-state index contributed by atoms with van der Waals surface area (Å²) in [6.07, 6.45) is 42.4. The smallest absolute Gasteiger partial charge is 0.0443 e. The van der Waals surface area contributed by atoms with Crippen molar-refractivity contribution >= 4 is 0 Å². The van der Waals surface area contributed by atoms with Crippen LogP contribution in [0.1, 0.15) is 228 Å². The lowest BCUT2D eigenvalue weighted by Crippen LogP contribution is -2.01. The highest BCUT2D eigenvalue weighted by molar-refractivity contribution is 4.62. The highest BCUT2D eigenvalue weighted by Gasteiger charge is 2.08. The maximum absolute atomic E-state index is 2.51. The van der Waals surface area contributed by atoms with E-state index in [0.717, 1.165) is 23.7 Å². The zero-order valence-corrected chi connectivity index (χ0v) is 28.8. The first-order valence-corrected chi connectivity index (χ1v) is 19.0. The first kappa shape index (κ1) is 39.0. The summed E-state index contributed by atoms with van der Waals surface area (Å²) in [6, 6.07) is 0.